The number of fused-ring (bicyclic) bond motifs is 5. The number of benzene rings is 1. The summed E-state index contributed by atoms with van der Waals surface area (Å²) in [5, 5.41) is 0. The molecule has 1 aromatic carbocycles. The molecule has 0 N–H and O–H groups in total. The lowest BCUT2D eigenvalue weighted by molar-refractivity contribution is -0.756. The Bertz CT molecular complexity index is 1270. The molecule has 0 bridgehead atoms. The summed E-state index contributed by atoms with van der Waals surface area (Å²) in [6.45, 7) is 31.4. The lowest BCUT2D eigenvalue weighted by Crippen LogP contribution is -2.68. The van der Waals surface area contributed by atoms with Crippen LogP contribution in [0.2, 0.25) is 0 Å². The first kappa shape index (κ1) is 25.7. The third-order valence-corrected chi connectivity index (χ3v) is 11.3. The molecule has 2 atom stereocenters. The average molecular weight is 485 g/mol. The Hall–Kier alpha value is -1.89. The topological polar surface area (TPSA) is 3.88 Å². The summed E-state index contributed by atoms with van der Waals surface area (Å²) in [6.07, 6.45) is 10.6. The largest absolute Gasteiger partial charge is 0.213 e. The Labute approximate surface area is 221 Å². The first-order valence-corrected chi connectivity index (χ1v) is 14.5. The van der Waals surface area contributed by atoms with Crippen LogP contribution >= 0.6 is 0 Å². The molecule has 2 aromatic rings. The van der Waals surface area contributed by atoms with Gasteiger partial charge in [-0.25, -0.2) is 0 Å². The Morgan fingerprint density at radius 2 is 1.22 bits per heavy atom. The third-order valence-electron chi connectivity index (χ3n) is 11.3. The van der Waals surface area contributed by atoms with Crippen molar-refractivity contribution in [2.24, 2.45) is 0 Å². The van der Waals surface area contributed by atoms with E-state index in [1.165, 1.54) is 47.2 Å². The van der Waals surface area contributed by atoms with Crippen molar-refractivity contribution in [3.05, 3.63) is 64.9 Å². The number of aromatic nitrogens is 1. The van der Waals surface area contributed by atoms with Gasteiger partial charge in [-0.1, -0.05) is 81.9 Å². The number of hydrogen-bond donors (Lipinski definition) is 0. The van der Waals surface area contributed by atoms with Crippen molar-refractivity contribution in [2.45, 2.75) is 141 Å². The number of allylic oxidation sites excluding steroid dienone is 1. The van der Waals surface area contributed by atoms with Crippen molar-refractivity contribution in [3.63, 3.8) is 0 Å². The Kier molecular flexibility index (Phi) is 5.26. The van der Waals surface area contributed by atoms with Gasteiger partial charge >= 0.3 is 0 Å². The monoisotopic (exact) mass is 484 g/mol. The molecule has 0 saturated heterocycles. The summed E-state index contributed by atoms with van der Waals surface area (Å²) >= 11 is 0. The Morgan fingerprint density at radius 1 is 0.694 bits per heavy atom. The smallest absolute Gasteiger partial charge is 0.188 e. The fourth-order valence-electron chi connectivity index (χ4n) is 8.79. The van der Waals surface area contributed by atoms with Gasteiger partial charge in [-0.2, -0.15) is 4.57 Å². The van der Waals surface area contributed by atoms with E-state index in [9.17, 15) is 0 Å². The van der Waals surface area contributed by atoms with Crippen molar-refractivity contribution in [2.75, 3.05) is 0 Å². The molecule has 1 aromatic heterocycles. The van der Waals surface area contributed by atoms with E-state index < -0.39 is 0 Å². The molecule has 0 fully saturated rings. The van der Waals surface area contributed by atoms with E-state index >= 15 is 0 Å². The Balaban J connectivity index is 1.96. The minimum Gasteiger partial charge on any atom is -0.188 e. The highest BCUT2D eigenvalue weighted by Crippen LogP contribution is 2.57. The number of rotatable bonds is 3. The lowest BCUT2D eigenvalue weighted by atomic mass is 9.56. The molecule has 0 amide bonds. The predicted octanol–water partition coefficient (Wildman–Crippen LogP) is 8.92. The number of hydrogen-bond acceptors (Lipinski definition) is 0. The van der Waals surface area contributed by atoms with Gasteiger partial charge in [0.2, 0.25) is 5.69 Å². The molecule has 2 unspecified atom stereocenters. The predicted molar refractivity (Wildman–Crippen MR) is 154 cm³/mol. The third kappa shape index (κ3) is 3.04. The molecular formula is C35H50N+. The van der Waals surface area contributed by atoms with Gasteiger partial charge in [0, 0.05) is 18.1 Å². The van der Waals surface area contributed by atoms with Crippen LogP contribution in [0.1, 0.15) is 136 Å². The Morgan fingerprint density at radius 3 is 1.75 bits per heavy atom. The van der Waals surface area contributed by atoms with Crippen LogP contribution in [0.5, 0.6) is 0 Å². The van der Waals surface area contributed by atoms with E-state index in [4.69, 9.17) is 0 Å². The summed E-state index contributed by atoms with van der Waals surface area (Å²) in [7, 11) is 0. The van der Waals surface area contributed by atoms with Crippen LogP contribution < -0.4 is 4.57 Å². The summed E-state index contributed by atoms with van der Waals surface area (Å²) in [4.78, 5) is 0. The van der Waals surface area contributed by atoms with Gasteiger partial charge in [0.15, 0.2) is 11.7 Å². The van der Waals surface area contributed by atoms with Gasteiger partial charge in [-0.15, -0.1) is 0 Å². The van der Waals surface area contributed by atoms with Gasteiger partial charge < -0.3 is 0 Å². The molecule has 5 rings (SSSR count). The minimum absolute atomic E-state index is 0.0320. The van der Waals surface area contributed by atoms with Gasteiger partial charge in [0.05, 0.1) is 11.0 Å². The second kappa shape index (κ2) is 7.36. The molecule has 0 radical (unpaired) electrons. The van der Waals surface area contributed by atoms with E-state index in [0.29, 0.717) is 0 Å². The molecule has 1 nitrogen and oxygen atoms in total. The zero-order chi connectivity index (χ0) is 26.7. The van der Waals surface area contributed by atoms with E-state index in [1.54, 1.807) is 11.1 Å². The zero-order valence-corrected chi connectivity index (χ0v) is 25.1. The average Bonchev–Trinajstić information content (AvgIpc) is 2.99. The van der Waals surface area contributed by atoms with Crippen LogP contribution in [0.3, 0.4) is 0 Å². The van der Waals surface area contributed by atoms with Crippen molar-refractivity contribution < 1.29 is 4.57 Å². The normalized spacial score (nSPS) is 30.1. The highest BCUT2D eigenvalue weighted by Gasteiger charge is 2.59. The van der Waals surface area contributed by atoms with Crippen LogP contribution in [0.25, 0.3) is 11.3 Å². The van der Waals surface area contributed by atoms with Crippen molar-refractivity contribution in [3.8, 4) is 11.3 Å². The molecule has 0 saturated carbocycles. The zero-order valence-electron chi connectivity index (χ0n) is 25.1. The van der Waals surface area contributed by atoms with E-state index in [0.717, 1.165) is 12.8 Å². The van der Waals surface area contributed by atoms with Crippen LogP contribution in [0.15, 0.2) is 37.1 Å². The van der Waals surface area contributed by atoms with Crippen molar-refractivity contribution in [1.29, 1.82) is 0 Å². The second-order valence-corrected chi connectivity index (χ2v) is 15.2. The maximum atomic E-state index is 4.52. The van der Waals surface area contributed by atoms with Crippen LogP contribution in [-0.4, -0.2) is 0 Å². The van der Waals surface area contributed by atoms with Crippen molar-refractivity contribution >= 4 is 0 Å². The summed E-state index contributed by atoms with van der Waals surface area (Å²) in [5.74, 6) is 0. The van der Waals surface area contributed by atoms with Crippen LogP contribution in [0.4, 0.5) is 0 Å². The number of nitrogens with zero attached hydrogens (tertiary/aromatic N) is 1. The molecular weight excluding hydrogens is 434 g/mol. The maximum absolute atomic E-state index is 4.52. The molecule has 194 valence electrons. The van der Waals surface area contributed by atoms with Crippen molar-refractivity contribution in [1.82, 2.24) is 0 Å². The fraction of sp³-hybridized carbons (Fsp3) is 0.629. The maximum Gasteiger partial charge on any atom is 0.213 e. The second-order valence-electron chi connectivity index (χ2n) is 15.2. The highest BCUT2D eigenvalue weighted by atomic mass is 15.1. The molecule has 1 aliphatic heterocycles. The standard InChI is InChI=1S/C35H50N/c1-13-34(12)24-19-26-25(30(4,5)16-17-31(26,6)7)18-23(24)29-20-27-28(33(10,11)22-32(27,8)9)21-36(29)35(34,14-2)15-3/h14,18-21H,2,13,15-17,22H2,1,3-12H3/q+1. The number of pyridine rings is 1. The molecule has 1 heteroatoms. The summed E-state index contributed by atoms with van der Waals surface area (Å²) in [6, 6.07) is 7.85. The van der Waals surface area contributed by atoms with Gasteiger partial charge in [-0.05, 0) is 88.7 Å². The quantitative estimate of drug-likeness (QED) is 0.302. The highest BCUT2D eigenvalue weighted by molar-refractivity contribution is 5.71. The van der Waals surface area contributed by atoms with Gasteiger partial charge in [0.25, 0.3) is 0 Å². The van der Waals surface area contributed by atoms with E-state index in [1.807, 2.05) is 0 Å². The molecule has 0 spiro atoms. The first-order chi connectivity index (χ1) is 16.5. The van der Waals surface area contributed by atoms with Gasteiger partial charge in [0.1, 0.15) is 0 Å². The fourth-order valence-corrected chi connectivity index (χ4v) is 8.79. The molecule has 3 aliphatic rings. The summed E-state index contributed by atoms with van der Waals surface area (Å²) < 4.78 is 2.67. The van der Waals surface area contributed by atoms with Crippen LogP contribution in [0, 0.1) is 0 Å². The summed E-state index contributed by atoms with van der Waals surface area (Å²) in [5.41, 5.74) is 11.1. The van der Waals surface area contributed by atoms with Gasteiger partial charge in [-0.3, -0.25) is 0 Å². The molecule has 36 heavy (non-hydrogen) atoms. The SMILES string of the molecule is C=CC1(CC)[n+]2cc3c(cc2-c2cc4c(cc2C1(C)CC)C(C)(C)CCC4(C)C)C(C)(C)CC3(C)C. The molecule has 2 heterocycles. The lowest BCUT2D eigenvalue weighted by Gasteiger charge is -2.49. The first-order valence-electron chi connectivity index (χ1n) is 14.5. The van der Waals surface area contributed by atoms with E-state index in [-0.39, 0.29) is 32.6 Å². The van der Waals surface area contributed by atoms with Crippen LogP contribution in [-0.2, 0) is 32.6 Å². The minimum atomic E-state index is -0.162. The molecule has 2 aliphatic carbocycles. The van der Waals surface area contributed by atoms with E-state index in [2.05, 4.69) is 118 Å².